The van der Waals surface area contributed by atoms with Crippen LogP contribution >= 0.6 is 0 Å². The highest BCUT2D eigenvalue weighted by molar-refractivity contribution is 5.97. The fourth-order valence-corrected chi connectivity index (χ4v) is 1.37. The van der Waals surface area contributed by atoms with Crippen molar-refractivity contribution < 1.29 is 9.59 Å². The Kier molecular flexibility index (Phi) is 5.11. The monoisotopic (exact) mass is 272 g/mol. The molecule has 8 N–H and O–H groups in total. The fourth-order valence-electron chi connectivity index (χ4n) is 1.37. The van der Waals surface area contributed by atoms with Crippen molar-refractivity contribution in [3.8, 4) is 0 Å². The van der Waals surface area contributed by atoms with Crippen molar-refractivity contribution in [1.82, 2.24) is 0 Å². The van der Waals surface area contributed by atoms with Gasteiger partial charge in [0.2, 0.25) is 5.91 Å². The van der Waals surface area contributed by atoms with Crippen LogP contribution in [0.2, 0.25) is 0 Å². The molecular formula is C14H16N4O2. The Hall–Kier alpha value is -3.02. The van der Waals surface area contributed by atoms with Crippen LogP contribution in [0.15, 0.2) is 48.5 Å². The van der Waals surface area contributed by atoms with E-state index in [1.54, 1.807) is 48.5 Å². The second-order valence-corrected chi connectivity index (χ2v) is 3.94. The van der Waals surface area contributed by atoms with Gasteiger partial charge in [0.1, 0.15) is 0 Å². The highest BCUT2D eigenvalue weighted by atomic mass is 16.1. The number of carbonyl (C=O) groups is 2. The van der Waals surface area contributed by atoms with Crippen LogP contribution in [-0.4, -0.2) is 11.8 Å². The lowest BCUT2D eigenvalue weighted by Gasteiger charge is -1.97. The molecule has 2 aromatic rings. The van der Waals surface area contributed by atoms with E-state index in [9.17, 15) is 9.59 Å². The summed E-state index contributed by atoms with van der Waals surface area (Å²) < 4.78 is 0. The third kappa shape index (κ3) is 4.34. The van der Waals surface area contributed by atoms with Crippen LogP contribution in [-0.2, 0) is 0 Å². The SMILES string of the molecule is NC(=O)c1ccc(N)cc1.NC(=O)c1ccccc1N. The summed E-state index contributed by atoms with van der Waals surface area (Å²) in [5.74, 6) is -0.918. The van der Waals surface area contributed by atoms with Gasteiger partial charge in [0.15, 0.2) is 0 Å². The quantitative estimate of drug-likeness (QED) is 0.598. The van der Waals surface area contributed by atoms with Crippen LogP contribution in [0.3, 0.4) is 0 Å². The highest BCUT2D eigenvalue weighted by Crippen LogP contribution is 2.08. The summed E-state index contributed by atoms with van der Waals surface area (Å²) in [6.07, 6.45) is 0. The lowest BCUT2D eigenvalue weighted by Crippen LogP contribution is -2.12. The molecule has 2 amide bonds. The molecule has 0 atom stereocenters. The predicted molar refractivity (Wildman–Crippen MR) is 78.7 cm³/mol. The Balaban J connectivity index is 0.000000200. The number of anilines is 2. The van der Waals surface area contributed by atoms with Crippen molar-refractivity contribution in [1.29, 1.82) is 0 Å². The highest BCUT2D eigenvalue weighted by Gasteiger charge is 2.01. The van der Waals surface area contributed by atoms with Gasteiger partial charge in [0.05, 0.1) is 5.56 Å². The molecule has 0 spiro atoms. The van der Waals surface area contributed by atoms with Crippen molar-refractivity contribution in [2.24, 2.45) is 11.5 Å². The van der Waals surface area contributed by atoms with Gasteiger partial charge in [0.25, 0.3) is 5.91 Å². The van der Waals surface area contributed by atoms with E-state index in [4.69, 9.17) is 22.9 Å². The molecule has 2 rings (SSSR count). The molecule has 0 bridgehead atoms. The van der Waals surface area contributed by atoms with Crippen LogP contribution in [0.1, 0.15) is 20.7 Å². The summed E-state index contributed by atoms with van der Waals surface area (Å²) in [5.41, 5.74) is 22.7. The average Bonchev–Trinajstić information content (AvgIpc) is 2.40. The normalized spacial score (nSPS) is 9.20. The Morgan fingerprint density at radius 2 is 1.30 bits per heavy atom. The molecule has 0 saturated heterocycles. The second-order valence-electron chi connectivity index (χ2n) is 3.94. The number of primary amides is 2. The second kappa shape index (κ2) is 6.79. The standard InChI is InChI=1S/2C7H8N2O/c8-6-3-1-5(2-4-6)7(9)10;8-6-4-2-1-3-5(6)7(9)10/h2*1-4H,8H2,(H2,9,10). The summed E-state index contributed by atoms with van der Waals surface area (Å²) in [6, 6.07) is 13.2. The lowest BCUT2D eigenvalue weighted by atomic mass is 10.2. The fraction of sp³-hybridized carbons (Fsp3) is 0. The predicted octanol–water partition coefficient (Wildman–Crippen LogP) is 0.735. The number of hydrogen-bond acceptors (Lipinski definition) is 4. The maximum atomic E-state index is 10.6. The van der Waals surface area contributed by atoms with Crippen LogP contribution in [0.4, 0.5) is 11.4 Å². The van der Waals surface area contributed by atoms with E-state index in [2.05, 4.69) is 0 Å². The maximum absolute atomic E-state index is 10.6. The van der Waals surface area contributed by atoms with E-state index < -0.39 is 11.8 Å². The molecule has 0 fully saturated rings. The molecule has 2 aromatic carbocycles. The van der Waals surface area contributed by atoms with Crippen molar-refractivity contribution in [2.75, 3.05) is 11.5 Å². The van der Waals surface area contributed by atoms with Gasteiger partial charge in [-0.3, -0.25) is 9.59 Å². The summed E-state index contributed by atoms with van der Waals surface area (Å²) in [7, 11) is 0. The molecule has 20 heavy (non-hydrogen) atoms. The van der Waals surface area contributed by atoms with Crippen molar-refractivity contribution in [3.63, 3.8) is 0 Å². The molecule has 6 heteroatoms. The molecule has 0 aromatic heterocycles. The van der Waals surface area contributed by atoms with Crippen LogP contribution in [0.5, 0.6) is 0 Å². The Morgan fingerprint density at radius 1 is 0.750 bits per heavy atom. The zero-order valence-corrected chi connectivity index (χ0v) is 10.7. The number of para-hydroxylation sites is 1. The summed E-state index contributed by atoms with van der Waals surface area (Å²) in [6.45, 7) is 0. The Morgan fingerprint density at radius 3 is 1.70 bits per heavy atom. The van der Waals surface area contributed by atoms with Gasteiger partial charge < -0.3 is 22.9 Å². The lowest BCUT2D eigenvalue weighted by molar-refractivity contribution is 0.0992. The van der Waals surface area contributed by atoms with E-state index in [1.165, 1.54) is 0 Å². The summed E-state index contributed by atoms with van der Waals surface area (Å²) in [4.78, 5) is 21.1. The summed E-state index contributed by atoms with van der Waals surface area (Å²) in [5, 5.41) is 0. The number of hydrogen-bond donors (Lipinski definition) is 4. The minimum absolute atomic E-state index is 0.377. The molecule has 0 aliphatic rings. The molecule has 0 unspecified atom stereocenters. The maximum Gasteiger partial charge on any atom is 0.250 e. The van der Waals surface area contributed by atoms with Gasteiger partial charge in [-0.05, 0) is 36.4 Å². The van der Waals surface area contributed by atoms with E-state index in [0.29, 0.717) is 22.5 Å². The van der Waals surface area contributed by atoms with E-state index >= 15 is 0 Å². The molecule has 0 aliphatic heterocycles. The van der Waals surface area contributed by atoms with Gasteiger partial charge in [0, 0.05) is 16.9 Å². The zero-order valence-electron chi connectivity index (χ0n) is 10.7. The van der Waals surface area contributed by atoms with Crippen molar-refractivity contribution in [2.45, 2.75) is 0 Å². The van der Waals surface area contributed by atoms with Crippen LogP contribution < -0.4 is 22.9 Å². The van der Waals surface area contributed by atoms with Crippen molar-refractivity contribution >= 4 is 23.2 Å². The third-order valence-corrected chi connectivity index (χ3v) is 2.42. The van der Waals surface area contributed by atoms with Gasteiger partial charge >= 0.3 is 0 Å². The first-order valence-electron chi connectivity index (χ1n) is 5.71. The molecule has 0 aliphatic carbocycles. The van der Waals surface area contributed by atoms with E-state index in [1.807, 2.05) is 0 Å². The molecule has 6 nitrogen and oxygen atoms in total. The number of nitrogens with two attached hydrogens (primary N) is 4. The number of rotatable bonds is 2. The number of carbonyl (C=O) groups excluding carboxylic acids is 2. The zero-order chi connectivity index (χ0) is 15.1. The largest absolute Gasteiger partial charge is 0.399 e. The Labute approximate surface area is 116 Å². The summed E-state index contributed by atoms with van der Waals surface area (Å²) >= 11 is 0. The molecular weight excluding hydrogens is 256 g/mol. The van der Waals surface area contributed by atoms with E-state index in [0.717, 1.165) is 0 Å². The minimum atomic E-state index is -0.488. The van der Waals surface area contributed by atoms with Crippen LogP contribution in [0.25, 0.3) is 0 Å². The average molecular weight is 272 g/mol. The number of benzene rings is 2. The number of nitrogen functional groups attached to an aromatic ring is 2. The first kappa shape index (κ1) is 15.0. The smallest absolute Gasteiger partial charge is 0.250 e. The van der Waals surface area contributed by atoms with Gasteiger partial charge in [-0.15, -0.1) is 0 Å². The number of amides is 2. The third-order valence-electron chi connectivity index (χ3n) is 2.42. The minimum Gasteiger partial charge on any atom is -0.399 e. The van der Waals surface area contributed by atoms with Gasteiger partial charge in [-0.2, -0.15) is 0 Å². The molecule has 0 saturated carbocycles. The Bertz CT molecular complexity index is 609. The topological polar surface area (TPSA) is 138 Å². The van der Waals surface area contributed by atoms with Gasteiger partial charge in [-0.25, -0.2) is 0 Å². The molecule has 0 heterocycles. The van der Waals surface area contributed by atoms with Crippen molar-refractivity contribution in [3.05, 3.63) is 59.7 Å². The first-order valence-corrected chi connectivity index (χ1v) is 5.71. The van der Waals surface area contributed by atoms with Gasteiger partial charge in [-0.1, -0.05) is 12.1 Å². The first-order chi connectivity index (χ1) is 9.41. The molecule has 0 radical (unpaired) electrons. The van der Waals surface area contributed by atoms with Crippen LogP contribution in [0, 0.1) is 0 Å². The van der Waals surface area contributed by atoms with E-state index in [-0.39, 0.29) is 0 Å². The molecule has 104 valence electrons.